The summed E-state index contributed by atoms with van der Waals surface area (Å²) in [7, 11) is 2.06. The average Bonchev–Trinajstić information content (AvgIpc) is 2.44. The first-order valence-corrected chi connectivity index (χ1v) is 6.38. The molecule has 0 saturated heterocycles. The number of nitrogens with zero attached hydrogens (tertiary/aromatic N) is 1. The molecule has 1 rings (SSSR count). The van der Waals surface area contributed by atoms with Crippen LogP contribution in [0, 0.1) is 13.8 Å². The van der Waals surface area contributed by atoms with Gasteiger partial charge in [-0.25, -0.2) is 4.79 Å². The molecule has 0 aliphatic carbocycles. The lowest BCUT2D eigenvalue weighted by molar-refractivity contribution is 0.232. The van der Waals surface area contributed by atoms with Crippen molar-refractivity contribution in [2.24, 2.45) is 7.05 Å². The highest BCUT2D eigenvalue weighted by atomic mass is 16.2. The van der Waals surface area contributed by atoms with Gasteiger partial charge in [-0.2, -0.15) is 0 Å². The molecule has 0 spiro atoms. The van der Waals surface area contributed by atoms with E-state index in [2.05, 4.69) is 42.2 Å². The molecule has 4 nitrogen and oxygen atoms in total. The molecule has 102 valence electrons. The normalized spacial score (nSPS) is 11.4. The average molecular weight is 251 g/mol. The predicted octanol–water partition coefficient (Wildman–Crippen LogP) is 2.28. The lowest BCUT2D eigenvalue weighted by Crippen LogP contribution is -2.46. The van der Waals surface area contributed by atoms with Crippen LogP contribution in [0.5, 0.6) is 0 Å². The summed E-state index contributed by atoms with van der Waals surface area (Å²) >= 11 is 0. The Balaban J connectivity index is 2.42. The fourth-order valence-electron chi connectivity index (χ4n) is 1.88. The van der Waals surface area contributed by atoms with E-state index in [1.807, 2.05) is 20.8 Å². The zero-order chi connectivity index (χ0) is 13.9. The fraction of sp³-hybridized carbons (Fsp3) is 0.643. The summed E-state index contributed by atoms with van der Waals surface area (Å²) in [6.07, 6.45) is 0.866. The minimum atomic E-state index is -0.191. The van der Waals surface area contributed by atoms with Gasteiger partial charge in [0.25, 0.3) is 0 Å². The third-order valence-corrected chi connectivity index (χ3v) is 3.05. The number of carbonyl (C=O) groups excluding carboxylic acids is 1. The number of hydrogen-bond donors (Lipinski definition) is 2. The predicted molar refractivity (Wildman–Crippen MR) is 74.9 cm³/mol. The van der Waals surface area contributed by atoms with Gasteiger partial charge in [0, 0.05) is 30.5 Å². The minimum Gasteiger partial charge on any atom is -0.352 e. The van der Waals surface area contributed by atoms with Gasteiger partial charge in [0.15, 0.2) is 0 Å². The molecule has 1 aromatic heterocycles. The summed E-state index contributed by atoms with van der Waals surface area (Å²) in [5.41, 5.74) is 3.63. The molecule has 0 radical (unpaired) electrons. The molecule has 0 aliphatic rings. The third kappa shape index (κ3) is 4.09. The van der Waals surface area contributed by atoms with Gasteiger partial charge in [-0.15, -0.1) is 0 Å². The van der Waals surface area contributed by atoms with Crippen LogP contribution >= 0.6 is 0 Å². The Morgan fingerprint density at radius 2 is 1.94 bits per heavy atom. The largest absolute Gasteiger partial charge is 0.352 e. The molecule has 0 bridgehead atoms. The molecule has 0 saturated carbocycles. The van der Waals surface area contributed by atoms with E-state index in [9.17, 15) is 4.79 Å². The van der Waals surface area contributed by atoms with E-state index < -0.39 is 0 Å². The van der Waals surface area contributed by atoms with Crippen LogP contribution in [0.4, 0.5) is 4.79 Å². The summed E-state index contributed by atoms with van der Waals surface area (Å²) in [4.78, 5) is 11.6. The molecule has 0 fully saturated rings. The van der Waals surface area contributed by atoms with E-state index in [0.29, 0.717) is 6.54 Å². The Morgan fingerprint density at radius 3 is 2.39 bits per heavy atom. The van der Waals surface area contributed by atoms with Gasteiger partial charge < -0.3 is 15.2 Å². The lowest BCUT2D eigenvalue weighted by atomic mass is 10.1. The van der Waals surface area contributed by atoms with Gasteiger partial charge in [0.05, 0.1) is 0 Å². The molecule has 1 heterocycles. The Kier molecular flexibility index (Phi) is 4.43. The molecule has 0 aliphatic heterocycles. The summed E-state index contributed by atoms with van der Waals surface area (Å²) in [5.74, 6) is 0. The standard InChI is InChI=1S/C14H25N3O/c1-10-9-12(11(2)17(10)6)7-8-15-13(18)16-14(3,4)5/h9H,7-8H2,1-6H3,(H2,15,16,18). The molecule has 2 N–H and O–H groups in total. The Hall–Kier alpha value is -1.45. The summed E-state index contributed by atoms with van der Waals surface area (Å²) in [6.45, 7) is 10.8. The number of rotatable bonds is 3. The molecule has 0 aromatic carbocycles. The van der Waals surface area contributed by atoms with E-state index >= 15 is 0 Å². The highest BCUT2D eigenvalue weighted by Gasteiger charge is 2.13. The number of hydrogen-bond acceptors (Lipinski definition) is 1. The van der Waals surface area contributed by atoms with Crippen LogP contribution in [0.15, 0.2) is 6.07 Å². The van der Waals surface area contributed by atoms with Crippen molar-refractivity contribution in [3.63, 3.8) is 0 Å². The second kappa shape index (κ2) is 5.46. The molecular weight excluding hydrogens is 226 g/mol. The molecule has 4 heteroatoms. The quantitative estimate of drug-likeness (QED) is 0.850. The fourth-order valence-corrected chi connectivity index (χ4v) is 1.88. The topological polar surface area (TPSA) is 46.1 Å². The Bertz CT molecular complexity index is 427. The first-order valence-electron chi connectivity index (χ1n) is 6.38. The summed E-state index contributed by atoms with van der Waals surface area (Å²) in [6, 6.07) is 2.08. The number of carbonyl (C=O) groups is 1. The molecule has 1 aromatic rings. The van der Waals surface area contributed by atoms with Gasteiger partial charge in [-0.1, -0.05) is 0 Å². The maximum Gasteiger partial charge on any atom is 0.315 e. The van der Waals surface area contributed by atoms with Crippen LogP contribution in [0.3, 0.4) is 0 Å². The van der Waals surface area contributed by atoms with E-state index in [1.165, 1.54) is 17.0 Å². The molecule has 18 heavy (non-hydrogen) atoms. The molecule has 2 amide bonds. The highest BCUT2D eigenvalue weighted by Crippen LogP contribution is 2.13. The summed E-state index contributed by atoms with van der Waals surface area (Å²) in [5, 5.41) is 5.77. The van der Waals surface area contributed by atoms with Crippen molar-refractivity contribution in [1.29, 1.82) is 0 Å². The smallest absolute Gasteiger partial charge is 0.315 e. The van der Waals surface area contributed by atoms with Crippen molar-refractivity contribution < 1.29 is 4.79 Å². The number of aryl methyl sites for hydroxylation is 1. The van der Waals surface area contributed by atoms with Gasteiger partial charge in [-0.3, -0.25) is 0 Å². The second-order valence-corrected chi connectivity index (χ2v) is 5.84. The molecule has 0 unspecified atom stereocenters. The van der Waals surface area contributed by atoms with Gasteiger partial charge in [0.2, 0.25) is 0 Å². The van der Waals surface area contributed by atoms with Crippen molar-refractivity contribution in [1.82, 2.24) is 15.2 Å². The third-order valence-electron chi connectivity index (χ3n) is 3.05. The van der Waals surface area contributed by atoms with Crippen molar-refractivity contribution in [3.05, 3.63) is 23.0 Å². The first kappa shape index (κ1) is 14.6. The van der Waals surface area contributed by atoms with E-state index in [4.69, 9.17) is 0 Å². The van der Waals surface area contributed by atoms with Crippen LogP contribution in [-0.4, -0.2) is 22.7 Å². The Morgan fingerprint density at radius 1 is 1.33 bits per heavy atom. The van der Waals surface area contributed by atoms with Gasteiger partial charge >= 0.3 is 6.03 Å². The van der Waals surface area contributed by atoms with Gasteiger partial charge in [-0.05, 0) is 52.7 Å². The van der Waals surface area contributed by atoms with E-state index in [0.717, 1.165) is 6.42 Å². The van der Waals surface area contributed by atoms with Gasteiger partial charge in [0.1, 0.15) is 0 Å². The Labute approximate surface area is 110 Å². The van der Waals surface area contributed by atoms with Crippen LogP contribution in [0.25, 0.3) is 0 Å². The van der Waals surface area contributed by atoms with E-state index in [-0.39, 0.29) is 11.6 Å². The van der Waals surface area contributed by atoms with Crippen molar-refractivity contribution in [2.75, 3.05) is 6.54 Å². The van der Waals surface area contributed by atoms with E-state index in [1.54, 1.807) is 0 Å². The molecule has 0 atom stereocenters. The highest BCUT2D eigenvalue weighted by molar-refractivity contribution is 5.74. The maximum absolute atomic E-state index is 11.6. The lowest BCUT2D eigenvalue weighted by Gasteiger charge is -2.20. The van der Waals surface area contributed by atoms with Crippen molar-refractivity contribution in [3.8, 4) is 0 Å². The van der Waals surface area contributed by atoms with Crippen LogP contribution < -0.4 is 10.6 Å². The second-order valence-electron chi connectivity index (χ2n) is 5.84. The van der Waals surface area contributed by atoms with Crippen LogP contribution in [-0.2, 0) is 13.5 Å². The number of urea groups is 1. The number of nitrogens with one attached hydrogen (secondary N) is 2. The number of aromatic nitrogens is 1. The van der Waals surface area contributed by atoms with Crippen LogP contribution in [0.1, 0.15) is 37.7 Å². The van der Waals surface area contributed by atoms with Crippen LogP contribution in [0.2, 0.25) is 0 Å². The summed E-state index contributed by atoms with van der Waals surface area (Å²) < 4.78 is 2.17. The zero-order valence-electron chi connectivity index (χ0n) is 12.3. The monoisotopic (exact) mass is 251 g/mol. The zero-order valence-corrected chi connectivity index (χ0v) is 12.3. The van der Waals surface area contributed by atoms with Crippen molar-refractivity contribution in [2.45, 2.75) is 46.6 Å². The maximum atomic E-state index is 11.6. The SMILES string of the molecule is Cc1cc(CCNC(=O)NC(C)(C)C)c(C)n1C. The van der Waals surface area contributed by atoms with Crippen molar-refractivity contribution >= 4 is 6.03 Å². The minimum absolute atomic E-state index is 0.104. The first-order chi connectivity index (χ1) is 8.20. The molecular formula is C14H25N3O. The number of amides is 2.